The lowest BCUT2D eigenvalue weighted by Crippen LogP contribution is -2.13. The van der Waals surface area contributed by atoms with E-state index < -0.39 is 5.41 Å². The van der Waals surface area contributed by atoms with Gasteiger partial charge in [0.2, 0.25) is 0 Å². The van der Waals surface area contributed by atoms with Gasteiger partial charge in [-0.1, -0.05) is 59.9 Å². The van der Waals surface area contributed by atoms with Gasteiger partial charge in [-0.3, -0.25) is 0 Å². The molecule has 1 aromatic rings. The molecule has 15 heavy (non-hydrogen) atoms. The first-order chi connectivity index (χ1) is 6.88. The van der Waals surface area contributed by atoms with Gasteiger partial charge < -0.3 is 0 Å². The number of nitriles is 1. The normalized spacial score (nSPS) is 11.5. The number of benzene rings is 1. The van der Waals surface area contributed by atoms with Crippen LogP contribution in [-0.4, -0.2) is 0 Å². The van der Waals surface area contributed by atoms with Crippen molar-refractivity contribution >= 4 is 47.8 Å². The fourth-order valence-electron chi connectivity index (χ4n) is 1.16. The lowest BCUT2D eigenvalue weighted by atomic mass is 9.86. The minimum Gasteiger partial charge on any atom is -0.197 e. The van der Waals surface area contributed by atoms with E-state index in [1.54, 1.807) is 0 Å². The molecule has 0 saturated carbocycles. The van der Waals surface area contributed by atoms with E-state index in [-0.39, 0.29) is 3.74 Å². The highest BCUT2D eigenvalue weighted by molar-refractivity contribution is 9.24. The second-order valence-electron chi connectivity index (χ2n) is 3.77. The van der Waals surface area contributed by atoms with E-state index in [9.17, 15) is 0 Å². The van der Waals surface area contributed by atoms with Crippen LogP contribution in [-0.2, 0) is 5.41 Å². The van der Waals surface area contributed by atoms with E-state index in [0.717, 1.165) is 15.6 Å². The molecule has 0 radical (unpaired) electrons. The van der Waals surface area contributed by atoms with Crippen molar-refractivity contribution < 1.29 is 0 Å². The maximum absolute atomic E-state index is 9.03. The van der Waals surface area contributed by atoms with Crippen LogP contribution in [0.3, 0.4) is 0 Å². The first-order valence-electron chi connectivity index (χ1n) is 4.38. The van der Waals surface area contributed by atoms with Crippen molar-refractivity contribution in [3.63, 3.8) is 0 Å². The molecular formula is C11H10Br3N. The van der Waals surface area contributed by atoms with Crippen LogP contribution in [0.2, 0.25) is 0 Å². The number of nitrogens with zero attached hydrogens (tertiary/aromatic N) is 1. The molecule has 0 amide bonds. The molecule has 1 nitrogen and oxygen atoms in total. The molecule has 0 N–H and O–H groups in total. The molecule has 0 aliphatic heterocycles. The highest BCUT2D eigenvalue weighted by Gasteiger charge is 2.21. The minimum atomic E-state index is -0.449. The summed E-state index contributed by atoms with van der Waals surface area (Å²) in [6, 6.07) is 8.27. The van der Waals surface area contributed by atoms with E-state index in [0.29, 0.717) is 0 Å². The predicted octanol–water partition coefficient (Wildman–Crippen LogP) is 5.04. The highest BCUT2D eigenvalue weighted by Crippen LogP contribution is 2.36. The zero-order chi connectivity index (χ0) is 11.6. The molecule has 1 aromatic carbocycles. The van der Waals surface area contributed by atoms with E-state index in [4.69, 9.17) is 5.26 Å². The summed E-state index contributed by atoms with van der Waals surface area (Å²) in [7, 11) is 0. The Hall–Kier alpha value is 0.150. The summed E-state index contributed by atoms with van der Waals surface area (Å²) in [4.78, 5) is 0. The summed E-state index contributed by atoms with van der Waals surface area (Å²) < 4.78 is 1.13. The Kier molecular flexibility index (Phi) is 4.39. The first kappa shape index (κ1) is 13.2. The van der Waals surface area contributed by atoms with Gasteiger partial charge in [0, 0.05) is 4.47 Å². The maximum Gasteiger partial charge on any atom is 0.0957 e. The Morgan fingerprint density at radius 3 is 2.33 bits per heavy atom. The smallest absolute Gasteiger partial charge is 0.0957 e. The molecule has 0 saturated heterocycles. The average molecular weight is 396 g/mol. The summed E-state index contributed by atoms with van der Waals surface area (Å²) >= 11 is 10.4. The van der Waals surface area contributed by atoms with Crippen molar-refractivity contribution in [1.82, 2.24) is 0 Å². The SMILES string of the molecule is CC(C)(C#N)c1ccc(C(Br)Br)c(Br)c1. The monoisotopic (exact) mass is 393 g/mol. The van der Waals surface area contributed by atoms with Gasteiger partial charge in [0.15, 0.2) is 0 Å². The maximum atomic E-state index is 9.03. The first-order valence-corrected chi connectivity index (χ1v) is 7.00. The Balaban J connectivity index is 3.19. The van der Waals surface area contributed by atoms with E-state index in [1.165, 1.54) is 0 Å². The van der Waals surface area contributed by atoms with Crippen LogP contribution in [0.4, 0.5) is 0 Å². The molecule has 0 atom stereocenters. The molecule has 0 heterocycles. The molecule has 0 aromatic heterocycles. The Morgan fingerprint density at radius 1 is 1.33 bits per heavy atom. The minimum absolute atomic E-state index is 0.124. The van der Waals surface area contributed by atoms with Gasteiger partial charge in [-0.15, -0.1) is 0 Å². The lowest BCUT2D eigenvalue weighted by Gasteiger charge is -2.17. The summed E-state index contributed by atoms with van der Waals surface area (Å²) in [5.74, 6) is 0. The van der Waals surface area contributed by atoms with Gasteiger partial charge in [0.25, 0.3) is 0 Å². The van der Waals surface area contributed by atoms with Crippen molar-refractivity contribution in [2.24, 2.45) is 0 Å². The Labute approximate surface area is 115 Å². The molecule has 0 aliphatic rings. The molecule has 0 bridgehead atoms. The molecule has 0 aliphatic carbocycles. The molecule has 4 heteroatoms. The molecular weight excluding hydrogens is 386 g/mol. The Bertz CT molecular complexity index is 405. The van der Waals surface area contributed by atoms with Gasteiger partial charge >= 0.3 is 0 Å². The summed E-state index contributed by atoms with van der Waals surface area (Å²) in [6.45, 7) is 3.82. The van der Waals surface area contributed by atoms with Crippen molar-refractivity contribution in [1.29, 1.82) is 5.26 Å². The van der Waals surface area contributed by atoms with Crippen LogP contribution in [0.1, 0.15) is 28.7 Å². The fourth-order valence-corrected chi connectivity index (χ4v) is 3.18. The van der Waals surface area contributed by atoms with Crippen LogP contribution in [0.15, 0.2) is 22.7 Å². The Morgan fingerprint density at radius 2 is 1.93 bits per heavy atom. The zero-order valence-electron chi connectivity index (χ0n) is 8.39. The third-order valence-electron chi connectivity index (χ3n) is 2.24. The molecule has 0 spiro atoms. The van der Waals surface area contributed by atoms with Crippen LogP contribution >= 0.6 is 47.8 Å². The van der Waals surface area contributed by atoms with Crippen molar-refractivity contribution in [2.75, 3.05) is 0 Å². The molecule has 0 fully saturated rings. The van der Waals surface area contributed by atoms with E-state index in [1.807, 2.05) is 32.0 Å². The van der Waals surface area contributed by atoms with Crippen LogP contribution in [0, 0.1) is 11.3 Å². The number of halogens is 3. The van der Waals surface area contributed by atoms with Gasteiger partial charge in [0.1, 0.15) is 0 Å². The predicted molar refractivity (Wildman–Crippen MR) is 73.4 cm³/mol. The topological polar surface area (TPSA) is 23.8 Å². The lowest BCUT2D eigenvalue weighted by molar-refractivity contribution is 0.686. The standard InChI is InChI=1S/C11H10Br3N/c1-11(2,6-15)7-3-4-8(10(13)14)9(12)5-7/h3-5,10H,1-2H3. The summed E-state index contributed by atoms with van der Waals surface area (Å²) in [5.41, 5.74) is 1.68. The molecule has 80 valence electrons. The molecule has 1 rings (SSSR count). The number of hydrogen-bond acceptors (Lipinski definition) is 1. The van der Waals surface area contributed by atoms with Crippen LogP contribution < -0.4 is 0 Å². The molecule has 0 unspecified atom stereocenters. The fraction of sp³-hybridized carbons (Fsp3) is 0.364. The van der Waals surface area contributed by atoms with Gasteiger partial charge in [-0.05, 0) is 31.0 Å². The van der Waals surface area contributed by atoms with E-state index in [2.05, 4.69) is 53.9 Å². The van der Waals surface area contributed by atoms with Crippen molar-refractivity contribution in [3.05, 3.63) is 33.8 Å². The largest absolute Gasteiger partial charge is 0.197 e. The zero-order valence-corrected chi connectivity index (χ0v) is 13.1. The number of alkyl halides is 2. The van der Waals surface area contributed by atoms with Crippen molar-refractivity contribution in [3.8, 4) is 6.07 Å². The highest BCUT2D eigenvalue weighted by atomic mass is 79.9. The van der Waals surface area contributed by atoms with Gasteiger partial charge in [-0.2, -0.15) is 5.26 Å². The summed E-state index contributed by atoms with van der Waals surface area (Å²) in [5, 5.41) is 9.03. The van der Waals surface area contributed by atoms with Crippen LogP contribution in [0.25, 0.3) is 0 Å². The van der Waals surface area contributed by atoms with Crippen molar-refractivity contribution in [2.45, 2.75) is 23.0 Å². The third-order valence-corrected chi connectivity index (χ3v) is 3.91. The third kappa shape index (κ3) is 3.05. The average Bonchev–Trinajstić information content (AvgIpc) is 2.17. The van der Waals surface area contributed by atoms with E-state index >= 15 is 0 Å². The second kappa shape index (κ2) is 4.99. The quantitative estimate of drug-likeness (QED) is 0.643. The summed E-state index contributed by atoms with van der Waals surface area (Å²) in [6.07, 6.45) is 0. The van der Waals surface area contributed by atoms with Gasteiger partial charge in [-0.25, -0.2) is 0 Å². The second-order valence-corrected chi connectivity index (χ2v) is 7.69. The van der Waals surface area contributed by atoms with Crippen LogP contribution in [0.5, 0.6) is 0 Å². The van der Waals surface area contributed by atoms with Gasteiger partial charge in [0.05, 0.1) is 15.2 Å². The number of hydrogen-bond donors (Lipinski definition) is 0. The number of rotatable bonds is 2.